The molecule has 0 saturated carbocycles. The fourth-order valence-electron chi connectivity index (χ4n) is 2.90. The molecule has 1 aromatic heterocycles. The van der Waals surface area contributed by atoms with Crippen LogP contribution < -0.4 is 5.32 Å². The number of carbonyl (C=O) groups is 1. The van der Waals surface area contributed by atoms with Crippen molar-refractivity contribution in [3.63, 3.8) is 0 Å². The van der Waals surface area contributed by atoms with Crippen LogP contribution in [0.2, 0.25) is 10.0 Å². The summed E-state index contributed by atoms with van der Waals surface area (Å²) >= 11 is 13.3. The Kier molecular flexibility index (Phi) is 5.76. The molecule has 1 amide bonds. The lowest BCUT2D eigenvalue weighted by Crippen LogP contribution is -2.33. The van der Waals surface area contributed by atoms with Crippen molar-refractivity contribution in [1.29, 1.82) is 0 Å². The molecule has 4 nitrogen and oxygen atoms in total. The molecule has 0 bridgehead atoms. The summed E-state index contributed by atoms with van der Waals surface area (Å²) in [5, 5.41) is 6.22. The SMILES string of the molecule is CC1CCCN(Cc2csc(NC(=O)c3ccc(Cl)c(Cl)c3)n2)C1. The highest BCUT2D eigenvalue weighted by molar-refractivity contribution is 7.14. The Bertz CT molecular complexity index is 734. The molecule has 1 aliphatic heterocycles. The number of likely N-dealkylation sites (tertiary alicyclic amines) is 1. The molecule has 2 aromatic rings. The number of hydrogen-bond acceptors (Lipinski definition) is 4. The van der Waals surface area contributed by atoms with Crippen LogP contribution >= 0.6 is 34.5 Å². The second-order valence-corrected chi connectivity index (χ2v) is 7.88. The summed E-state index contributed by atoms with van der Waals surface area (Å²) in [6.07, 6.45) is 2.55. The number of amides is 1. The minimum absolute atomic E-state index is 0.235. The number of carbonyl (C=O) groups excluding carboxylic acids is 1. The number of halogens is 2. The molecular weight excluding hydrogens is 365 g/mol. The molecule has 1 unspecified atom stereocenters. The summed E-state index contributed by atoms with van der Waals surface area (Å²) < 4.78 is 0. The maximum absolute atomic E-state index is 12.3. The lowest BCUT2D eigenvalue weighted by atomic mass is 10.0. The van der Waals surface area contributed by atoms with Crippen LogP contribution in [0.3, 0.4) is 0 Å². The van der Waals surface area contributed by atoms with Gasteiger partial charge in [0.05, 0.1) is 15.7 Å². The van der Waals surface area contributed by atoms with Crippen molar-refractivity contribution in [3.8, 4) is 0 Å². The highest BCUT2D eigenvalue weighted by Crippen LogP contribution is 2.24. The zero-order chi connectivity index (χ0) is 17.1. The fraction of sp³-hybridized carbons (Fsp3) is 0.412. The van der Waals surface area contributed by atoms with Gasteiger partial charge in [0.1, 0.15) is 0 Å². The minimum atomic E-state index is -0.235. The maximum Gasteiger partial charge on any atom is 0.257 e. The van der Waals surface area contributed by atoms with Gasteiger partial charge in [0.25, 0.3) is 5.91 Å². The summed E-state index contributed by atoms with van der Waals surface area (Å²) in [7, 11) is 0. The van der Waals surface area contributed by atoms with Gasteiger partial charge in [0.15, 0.2) is 5.13 Å². The van der Waals surface area contributed by atoms with E-state index < -0.39 is 0 Å². The number of nitrogens with one attached hydrogen (secondary N) is 1. The molecule has 1 aliphatic rings. The van der Waals surface area contributed by atoms with E-state index in [0.717, 1.165) is 31.2 Å². The second kappa shape index (κ2) is 7.83. The van der Waals surface area contributed by atoms with Gasteiger partial charge in [-0.2, -0.15) is 0 Å². The maximum atomic E-state index is 12.3. The molecule has 0 radical (unpaired) electrons. The topological polar surface area (TPSA) is 45.2 Å². The smallest absolute Gasteiger partial charge is 0.257 e. The Morgan fingerprint density at radius 1 is 1.42 bits per heavy atom. The zero-order valence-electron chi connectivity index (χ0n) is 13.4. The van der Waals surface area contributed by atoms with Crippen LogP contribution in [0.5, 0.6) is 0 Å². The van der Waals surface area contributed by atoms with Gasteiger partial charge in [0, 0.05) is 24.0 Å². The summed E-state index contributed by atoms with van der Waals surface area (Å²) in [6, 6.07) is 4.82. The van der Waals surface area contributed by atoms with E-state index >= 15 is 0 Å². The van der Waals surface area contributed by atoms with Crippen molar-refractivity contribution in [2.45, 2.75) is 26.3 Å². The number of anilines is 1. The summed E-state index contributed by atoms with van der Waals surface area (Å²) in [5.41, 5.74) is 1.46. The molecular formula is C17H19Cl2N3OS. The van der Waals surface area contributed by atoms with Crippen LogP contribution in [0.15, 0.2) is 23.6 Å². The molecule has 1 aromatic carbocycles. The van der Waals surface area contributed by atoms with Gasteiger partial charge >= 0.3 is 0 Å². The van der Waals surface area contributed by atoms with E-state index in [9.17, 15) is 4.79 Å². The third-order valence-corrected chi connectivity index (χ3v) is 5.63. The van der Waals surface area contributed by atoms with E-state index in [0.29, 0.717) is 20.7 Å². The number of thiazole rings is 1. The molecule has 1 atom stereocenters. The molecule has 1 saturated heterocycles. The molecule has 1 N–H and O–H groups in total. The second-order valence-electron chi connectivity index (χ2n) is 6.21. The highest BCUT2D eigenvalue weighted by atomic mass is 35.5. The normalized spacial score (nSPS) is 18.5. The number of piperidine rings is 1. The van der Waals surface area contributed by atoms with Crippen LogP contribution in [-0.4, -0.2) is 28.9 Å². The van der Waals surface area contributed by atoms with E-state index in [1.165, 1.54) is 24.2 Å². The molecule has 2 heterocycles. The lowest BCUT2D eigenvalue weighted by molar-refractivity contribution is 0.102. The van der Waals surface area contributed by atoms with Gasteiger partial charge in [-0.3, -0.25) is 15.0 Å². The van der Waals surface area contributed by atoms with Crippen LogP contribution in [0.25, 0.3) is 0 Å². The number of benzene rings is 1. The highest BCUT2D eigenvalue weighted by Gasteiger charge is 2.18. The molecule has 7 heteroatoms. The van der Waals surface area contributed by atoms with Gasteiger partial charge in [0.2, 0.25) is 0 Å². The molecule has 0 aliphatic carbocycles. The Labute approximate surface area is 155 Å². The number of aromatic nitrogens is 1. The molecule has 128 valence electrons. The largest absolute Gasteiger partial charge is 0.298 e. The standard InChI is InChI=1S/C17H19Cl2N3OS/c1-11-3-2-6-22(8-11)9-13-10-24-17(20-13)21-16(23)12-4-5-14(18)15(19)7-12/h4-5,7,10-11H,2-3,6,8-9H2,1H3,(H,20,21,23). The first kappa shape index (κ1) is 17.7. The Hall–Kier alpha value is -1.14. The van der Waals surface area contributed by atoms with Crippen molar-refractivity contribution in [1.82, 2.24) is 9.88 Å². The summed E-state index contributed by atoms with van der Waals surface area (Å²) in [4.78, 5) is 19.2. The predicted molar refractivity (Wildman–Crippen MR) is 100 cm³/mol. The average Bonchev–Trinajstić information content (AvgIpc) is 2.97. The van der Waals surface area contributed by atoms with Crippen molar-refractivity contribution in [3.05, 3.63) is 44.9 Å². The Morgan fingerprint density at radius 3 is 3.00 bits per heavy atom. The van der Waals surface area contributed by atoms with Crippen molar-refractivity contribution < 1.29 is 4.79 Å². The summed E-state index contributed by atoms with van der Waals surface area (Å²) in [5.74, 6) is 0.507. The van der Waals surface area contributed by atoms with E-state index in [1.807, 2.05) is 5.38 Å². The van der Waals surface area contributed by atoms with E-state index in [-0.39, 0.29) is 5.91 Å². The predicted octanol–water partition coefficient (Wildman–Crippen LogP) is 4.93. The zero-order valence-corrected chi connectivity index (χ0v) is 15.7. The fourth-order valence-corrected chi connectivity index (χ4v) is 3.90. The number of hydrogen-bond donors (Lipinski definition) is 1. The van der Waals surface area contributed by atoms with Crippen LogP contribution in [0.4, 0.5) is 5.13 Å². The van der Waals surface area contributed by atoms with Crippen molar-refractivity contribution >= 4 is 45.6 Å². The first-order chi connectivity index (χ1) is 11.5. The van der Waals surface area contributed by atoms with E-state index in [2.05, 4.69) is 22.1 Å². The van der Waals surface area contributed by atoms with Gasteiger partial charge in [-0.05, 0) is 43.5 Å². The lowest BCUT2D eigenvalue weighted by Gasteiger charge is -2.30. The van der Waals surface area contributed by atoms with Crippen molar-refractivity contribution in [2.24, 2.45) is 5.92 Å². The first-order valence-electron chi connectivity index (χ1n) is 7.94. The molecule has 0 spiro atoms. The van der Waals surface area contributed by atoms with E-state index in [1.54, 1.807) is 18.2 Å². The number of rotatable bonds is 4. The summed E-state index contributed by atoms with van der Waals surface area (Å²) in [6.45, 7) is 5.36. The third-order valence-electron chi connectivity index (χ3n) is 4.08. The molecule has 1 fully saturated rings. The molecule has 24 heavy (non-hydrogen) atoms. The molecule has 3 rings (SSSR count). The number of nitrogens with zero attached hydrogens (tertiary/aromatic N) is 2. The third kappa shape index (κ3) is 4.48. The quantitative estimate of drug-likeness (QED) is 0.813. The van der Waals surface area contributed by atoms with Gasteiger partial charge < -0.3 is 0 Å². The van der Waals surface area contributed by atoms with Crippen LogP contribution in [-0.2, 0) is 6.54 Å². The monoisotopic (exact) mass is 383 g/mol. The van der Waals surface area contributed by atoms with Crippen LogP contribution in [0.1, 0.15) is 35.8 Å². The average molecular weight is 384 g/mol. The van der Waals surface area contributed by atoms with Crippen LogP contribution in [0, 0.1) is 5.92 Å². The Morgan fingerprint density at radius 2 is 2.25 bits per heavy atom. The van der Waals surface area contributed by atoms with Gasteiger partial charge in [-0.15, -0.1) is 11.3 Å². The Balaban J connectivity index is 1.61. The van der Waals surface area contributed by atoms with Gasteiger partial charge in [-0.1, -0.05) is 30.1 Å². The first-order valence-corrected chi connectivity index (χ1v) is 9.58. The van der Waals surface area contributed by atoms with E-state index in [4.69, 9.17) is 23.2 Å². The van der Waals surface area contributed by atoms with Crippen molar-refractivity contribution in [2.75, 3.05) is 18.4 Å². The van der Waals surface area contributed by atoms with Gasteiger partial charge in [-0.25, -0.2) is 4.98 Å². The minimum Gasteiger partial charge on any atom is -0.298 e.